The highest BCUT2D eigenvalue weighted by molar-refractivity contribution is 5.71. The van der Waals surface area contributed by atoms with Crippen LogP contribution in [-0.2, 0) is 28.6 Å². The number of esters is 3. The van der Waals surface area contributed by atoms with Crippen molar-refractivity contribution in [2.75, 3.05) is 13.2 Å². The molecule has 0 amide bonds. The van der Waals surface area contributed by atoms with Gasteiger partial charge in [0.25, 0.3) is 0 Å². The molecule has 0 fully saturated rings. The van der Waals surface area contributed by atoms with E-state index in [1.807, 2.05) is 0 Å². The number of rotatable bonds is 47. The third-order valence-corrected chi connectivity index (χ3v) is 11.0. The lowest BCUT2D eigenvalue weighted by atomic mass is 10.1. The first-order valence-corrected chi connectivity index (χ1v) is 27.0. The van der Waals surface area contributed by atoms with E-state index in [9.17, 15) is 14.4 Å². The van der Waals surface area contributed by atoms with Crippen molar-refractivity contribution in [3.05, 3.63) is 122 Å². The number of ether oxygens (including phenoxy) is 3. The Hall–Kier alpha value is -4.19. The molecular weight excluding hydrogens is 829 g/mol. The summed E-state index contributed by atoms with van der Waals surface area (Å²) in [6.07, 6.45) is 75.1. The van der Waals surface area contributed by atoms with Crippen molar-refractivity contribution in [1.29, 1.82) is 0 Å². The van der Waals surface area contributed by atoms with E-state index in [0.29, 0.717) is 19.3 Å². The summed E-state index contributed by atoms with van der Waals surface area (Å²) in [7, 11) is 0. The third kappa shape index (κ3) is 52.6. The van der Waals surface area contributed by atoms with Crippen molar-refractivity contribution >= 4 is 17.9 Å². The number of hydrogen-bond donors (Lipinski definition) is 0. The van der Waals surface area contributed by atoms with Crippen LogP contribution in [0.15, 0.2) is 122 Å². The zero-order valence-electron chi connectivity index (χ0n) is 43.1. The van der Waals surface area contributed by atoms with Crippen molar-refractivity contribution in [2.45, 2.75) is 232 Å². The van der Waals surface area contributed by atoms with Crippen LogP contribution in [0.5, 0.6) is 0 Å². The predicted molar refractivity (Wildman–Crippen MR) is 288 cm³/mol. The topological polar surface area (TPSA) is 78.9 Å². The second-order valence-electron chi connectivity index (χ2n) is 17.4. The van der Waals surface area contributed by atoms with Gasteiger partial charge in [-0.15, -0.1) is 0 Å². The lowest BCUT2D eigenvalue weighted by Gasteiger charge is -2.18. The van der Waals surface area contributed by atoms with Crippen molar-refractivity contribution in [3.63, 3.8) is 0 Å². The van der Waals surface area contributed by atoms with Crippen LogP contribution in [0, 0.1) is 0 Å². The standard InChI is InChI=1S/C61H98O6/c1-4-7-10-13-15-17-19-21-23-25-26-27-28-29-30-31-32-33-34-36-37-39-41-43-45-48-51-54-60(63)66-57-58(56-65-59(62)53-50-47-12-9-6-3)67-61(64)55-52-49-46-44-42-40-38-35-24-22-20-18-16-14-11-8-5-2/h7-8,10-11,15-18,21-24,26-27,29-30,32-33,36-37,58H,4-6,9,12-14,19-20,25,28,31,34-35,38-57H2,1-3H3/b10-7-,11-8-,17-15-,18-16-,23-21-,24-22-,27-26-,30-29-,33-32-,37-36-. The average Bonchev–Trinajstić information content (AvgIpc) is 3.33. The first kappa shape index (κ1) is 62.8. The van der Waals surface area contributed by atoms with Crippen LogP contribution < -0.4 is 0 Å². The Morgan fingerprint density at radius 3 is 0.910 bits per heavy atom. The summed E-state index contributed by atoms with van der Waals surface area (Å²) in [6.45, 7) is 6.29. The molecule has 0 aliphatic heterocycles. The normalized spacial score (nSPS) is 13.1. The van der Waals surface area contributed by atoms with Crippen LogP contribution in [0.1, 0.15) is 226 Å². The Kier molecular flexibility index (Phi) is 51.0. The molecule has 378 valence electrons. The van der Waals surface area contributed by atoms with Crippen molar-refractivity contribution in [3.8, 4) is 0 Å². The van der Waals surface area contributed by atoms with E-state index in [0.717, 1.165) is 161 Å². The van der Waals surface area contributed by atoms with Gasteiger partial charge in [0, 0.05) is 19.3 Å². The maximum atomic E-state index is 12.7. The molecule has 0 aromatic heterocycles. The molecule has 1 unspecified atom stereocenters. The summed E-state index contributed by atoms with van der Waals surface area (Å²) >= 11 is 0. The summed E-state index contributed by atoms with van der Waals surface area (Å²) in [5.74, 6) is -0.942. The molecule has 0 aromatic carbocycles. The summed E-state index contributed by atoms with van der Waals surface area (Å²) in [4.78, 5) is 37.7. The molecule has 67 heavy (non-hydrogen) atoms. The van der Waals surface area contributed by atoms with Crippen LogP contribution in [0.25, 0.3) is 0 Å². The molecule has 0 N–H and O–H groups in total. The van der Waals surface area contributed by atoms with Gasteiger partial charge >= 0.3 is 17.9 Å². The molecular formula is C61H98O6. The molecule has 0 saturated carbocycles. The molecule has 0 heterocycles. The van der Waals surface area contributed by atoms with Crippen molar-refractivity contribution in [1.82, 2.24) is 0 Å². The molecule has 0 aliphatic carbocycles. The fraction of sp³-hybridized carbons (Fsp3) is 0.623. The van der Waals surface area contributed by atoms with Gasteiger partial charge in [0.05, 0.1) is 0 Å². The van der Waals surface area contributed by atoms with Gasteiger partial charge in [-0.3, -0.25) is 14.4 Å². The smallest absolute Gasteiger partial charge is 0.306 e. The minimum absolute atomic E-state index is 0.0921. The van der Waals surface area contributed by atoms with Gasteiger partial charge in [0.15, 0.2) is 6.10 Å². The minimum atomic E-state index is -0.791. The summed E-state index contributed by atoms with van der Waals surface area (Å²) < 4.78 is 16.7. The first-order chi connectivity index (χ1) is 33.0. The summed E-state index contributed by atoms with van der Waals surface area (Å²) in [6, 6.07) is 0. The Morgan fingerprint density at radius 1 is 0.313 bits per heavy atom. The van der Waals surface area contributed by atoms with Crippen LogP contribution in [-0.4, -0.2) is 37.2 Å². The second kappa shape index (κ2) is 54.4. The predicted octanol–water partition coefficient (Wildman–Crippen LogP) is 18.1. The van der Waals surface area contributed by atoms with Crippen LogP contribution in [0.3, 0.4) is 0 Å². The van der Waals surface area contributed by atoms with E-state index in [-0.39, 0.29) is 31.1 Å². The molecule has 0 aliphatic rings. The maximum Gasteiger partial charge on any atom is 0.306 e. The Balaban J connectivity index is 4.20. The highest BCUT2D eigenvalue weighted by Crippen LogP contribution is 2.13. The minimum Gasteiger partial charge on any atom is -0.462 e. The van der Waals surface area contributed by atoms with Gasteiger partial charge in [0.2, 0.25) is 0 Å². The Bertz CT molecular complexity index is 1440. The number of hydrogen-bond acceptors (Lipinski definition) is 6. The van der Waals surface area contributed by atoms with E-state index >= 15 is 0 Å². The van der Waals surface area contributed by atoms with E-state index in [4.69, 9.17) is 14.2 Å². The zero-order valence-corrected chi connectivity index (χ0v) is 43.1. The molecule has 1 atom stereocenters. The van der Waals surface area contributed by atoms with Crippen molar-refractivity contribution < 1.29 is 28.6 Å². The lowest BCUT2D eigenvalue weighted by Crippen LogP contribution is -2.30. The van der Waals surface area contributed by atoms with Gasteiger partial charge in [0.1, 0.15) is 13.2 Å². The number of carbonyl (C=O) groups excluding carboxylic acids is 3. The highest BCUT2D eigenvalue weighted by atomic mass is 16.6. The lowest BCUT2D eigenvalue weighted by molar-refractivity contribution is -0.167. The highest BCUT2D eigenvalue weighted by Gasteiger charge is 2.19. The molecule has 0 spiro atoms. The van der Waals surface area contributed by atoms with Gasteiger partial charge in [-0.2, -0.15) is 0 Å². The van der Waals surface area contributed by atoms with Gasteiger partial charge in [-0.05, 0) is 109 Å². The fourth-order valence-corrected chi connectivity index (χ4v) is 6.96. The van der Waals surface area contributed by atoms with E-state index in [1.54, 1.807) is 0 Å². The maximum absolute atomic E-state index is 12.7. The van der Waals surface area contributed by atoms with Gasteiger partial charge < -0.3 is 14.2 Å². The zero-order chi connectivity index (χ0) is 48.6. The number of unbranched alkanes of at least 4 members (excludes halogenated alkanes) is 16. The number of carbonyl (C=O) groups is 3. The Morgan fingerprint density at radius 2 is 0.582 bits per heavy atom. The van der Waals surface area contributed by atoms with Crippen LogP contribution in [0.4, 0.5) is 0 Å². The molecule has 6 nitrogen and oxygen atoms in total. The van der Waals surface area contributed by atoms with Crippen LogP contribution in [0.2, 0.25) is 0 Å². The molecule has 0 bridgehead atoms. The monoisotopic (exact) mass is 927 g/mol. The fourth-order valence-electron chi connectivity index (χ4n) is 6.96. The van der Waals surface area contributed by atoms with Gasteiger partial charge in [-0.25, -0.2) is 0 Å². The average molecular weight is 927 g/mol. The second-order valence-corrected chi connectivity index (χ2v) is 17.4. The quantitative estimate of drug-likeness (QED) is 0.0262. The summed E-state index contributed by atoms with van der Waals surface area (Å²) in [5.41, 5.74) is 0. The largest absolute Gasteiger partial charge is 0.462 e. The van der Waals surface area contributed by atoms with E-state index < -0.39 is 6.10 Å². The summed E-state index contributed by atoms with van der Waals surface area (Å²) in [5, 5.41) is 0. The van der Waals surface area contributed by atoms with Gasteiger partial charge in [-0.1, -0.05) is 219 Å². The molecule has 0 saturated heterocycles. The van der Waals surface area contributed by atoms with E-state index in [1.165, 1.54) is 25.7 Å². The SMILES string of the molecule is CC/C=C\C/C=C\C/C=C\C/C=C\C/C=C\C/C=C\C/C=C\CCCCCCCC(=O)OCC(COC(=O)CCCCCCC)OC(=O)CCCCCCCCC/C=C\C/C=C\C/C=C\CC. The van der Waals surface area contributed by atoms with Crippen LogP contribution >= 0.6 is 0 Å². The Labute approximate surface area is 412 Å². The first-order valence-electron chi connectivity index (χ1n) is 27.0. The molecule has 0 aromatic rings. The number of allylic oxidation sites excluding steroid dienone is 20. The molecule has 6 heteroatoms. The van der Waals surface area contributed by atoms with E-state index in [2.05, 4.69) is 142 Å². The third-order valence-electron chi connectivity index (χ3n) is 11.0. The molecule has 0 radical (unpaired) electrons. The van der Waals surface area contributed by atoms with Crippen molar-refractivity contribution in [2.24, 2.45) is 0 Å². The molecule has 0 rings (SSSR count).